The largest absolute Gasteiger partial charge is 0.347 e. The second-order valence-electron chi connectivity index (χ2n) is 7.19. The van der Waals surface area contributed by atoms with Gasteiger partial charge in [-0.25, -0.2) is 13.2 Å². The van der Waals surface area contributed by atoms with E-state index in [-0.39, 0.29) is 23.0 Å². The Hall–Kier alpha value is -3.07. The number of fused-ring (bicyclic) bond motifs is 1. The Balaban J connectivity index is 2.18. The van der Waals surface area contributed by atoms with Crippen LogP contribution >= 0.6 is 0 Å². The van der Waals surface area contributed by atoms with Crippen molar-refractivity contribution in [3.8, 4) is 0 Å². The van der Waals surface area contributed by atoms with Crippen LogP contribution in [0.5, 0.6) is 0 Å². The van der Waals surface area contributed by atoms with Gasteiger partial charge in [-0.3, -0.25) is 18.2 Å². The van der Waals surface area contributed by atoms with Crippen LogP contribution in [0.3, 0.4) is 0 Å². The van der Waals surface area contributed by atoms with Crippen molar-refractivity contribution in [2.75, 3.05) is 24.9 Å². The molecule has 0 aliphatic rings. The van der Waals surface area contributed by atoms with Crippen LogP contribution in [0, 0.1) is 6.92 Å². The highest BCUT2D eigenvalue weighted by atomic mass is 32.2. The first-order valence-electron chi connectivity index (χ1n) is 8.99. The molecular weight excluding hydrogens is 392 g/mol. The number of carbonyl (C=O) groups is 1. The van der Waals surface area contributed by atoms with Gasteiger partial charge in [-0.1, -0.05) is 12.1 Å². The van der Waals surface area contributed by atoms with Gasteiger partial charge in [-0.2, -0.15) is 0 Å². The number of rotatable bonds is 5. The average molecular weight is 417 g/mol. The molecule has 0 fully saturated rings. The molecule has 0 spiro atoms. The molecule has 3 rings (SSSR count). The van der Waals surface area contributed by atoms with Crippen LogP contribution in [0.2, 0.25) is 0 Å². The zero-order valence-electron chi connectivity index (χ0n) is 17.1. The highest BCUT2D eigenvalue weighted by molar-refractivity contribution is 7.92. The topological polar surface area (TPSA) is 84.6 Å². The van der Waals surface area contributed by atoms with Crippen molar-refractivity contribution in [1.29, 1.82) is 0 Å². The van der Waals surface area contributed by atoms with E-state index in [2.05, 4.69) is 0 Å². The SMILES string of the molecule is Cc1cccc(N(CC(=O)N(C)C)S(=O)(=O)c2ccc3c(c2)n(C)c(=O)n3C)c1. The fourth-order valence-corrected chi connectivity index (χ4v) is 4.56. The second kappa shape index (κ2) is 7.40. The van der Waals surface area contributed by atoms with Crippen LogP contribution in [-0.4, -0.2) is 49.0 Å². The number of hydrogen-bond donors (Lipinski definition) is 0. The van der Waals surface area contributed by atoms with E-state index in [0.29, 0.717) is 16.7 Å². The summed E-state index contributed by atoms with van der Waals surface area (Å²) in [6.07, 6.45) is 0. The molecule has 3 aromatic rings. The number of imidazole rings is 1. The van der Waals surface area contributed by atoms with E-state index >= 15 is 0 Å². The number of hydrogen-bond acceptors (Lipinski definition) is 4. The van der Waals surface area contributed by atoms with Crippen molar-refractivity contribution in [2.45, 2.75) is 11.8 Å². The summed E-state index contributed by atoms with van der Waals surface area (Å²) in [5, 5.41) is 0. The maximum Gasteiger partial charge on any atom is 0.328 e. The van der Waals surface area contributed by atoms with Gasteiger partial charge in [0, 0.05) is 28.2 Å². The number of aryl methyl sites for hydroxylation is 3. The van der Waals surface area contributed by atoms with Crippen molar-refractivity contribution in [3.05, 3.63) is 58.5 Å². The smallest absolute Gasteiger partial charge is 0.328 e. The molecule has 0 N–H and O–H groups in total. The van der Waals surface area contributed by atoms with Gasteiger partial charge in [0.05, 0.1) is 21.6 Å². The third-order valence-electron chi connectivity index (χ3n) is 4.90. The number of likely N-dealkylation sites (N-methyl/N-ethyl adjacent to an activating group) is 1. The zero-order chi connectivity index (χ0) is 21.5. The number of benzene rings is 2. The van der Waals surface area contributed by atoms with Gasteiger partial charge in [0.1, 0.15) is 6.54 Å². The van der Waals surface area contributed by atoms with Crippen LogP contribution in [-0.2, 0) is 28.9 Å². The molecule has 1 aromatic heterocycles. The van der Waals surface area contributed by atoms with E-state index in [4.69, 9.17) is 0 Å². The summed E-state index contributed by atoms with van der Waals surface area (Å²) in [5.74, 6) is -0.344. The minimum atomic E-state index is -4.05. The van der Waals surface area contributed by atoms with Crippen molar-refractivity contribution in [1.82, 2.24) is 14.0 Å². The molecule has 9 heteroatoms. The number of nitrogens with zero attached hydrogens (tertiary/aromatic N) is 4. The van der Waals surface area contributed by atoms with Gasteiger partial charge in [-0.05, 0) is 42.8 Å². The minimum absolute atomic E-state index is 0.0132. The van der Waals surface area contributed by atoms with Crippen molar-refractivity contribution in [2.24, 2.45) is 14.1 Å². The number of aromatic nitrogens is 2. The van der Waals surface area contributed by atoms with E-state index < -0.39 is 10.0 Å². The molecule has 1 heterocycles. The fourth-order valence-electron chi connectivity index (χ4n) is 3.14. The Bertz CT molecular complexity index is 1260. The standard InChI is InChI=1S/C20H24N4O4S/c1-14-7-6-8-15(11-14)24(13-19(25)21(2)3)29(27,28)16-9-10-17-18(12-16)23(5)20(26)22(17)4/h6-12H,13H2,1-5H3. The summed E-state index contributed by atoms with van der Waals surface area (Å²) in [5.41, 5.74) is 2.17. The lowest BCUT2D eigenvalue weighted by atomic mass is 10.2. The molecule has 154 valence electrons. The van der Waals surface area contributed by atoms with Gasteiger partial charge < -0.3 is 4.90 Å². The number of carbonyl (C=O) groups excluding carboxylic acids is 1. The van der Waals surface area contributed by atoms with Crippen LogP contribution in [0.25, 0.3) is 11.0 Å². The molecular formula is C20H24N4O4S. The summed E-state index contributed by atoms with van der Waals surface area (Å²) in [6, 6.07) is 11.5. The molecule has 2 aromatic carbocycles. The zero-order valence-corrected chi connectivity index (χ0v) is 17.9. The Morgan fingerprint density at radius 1 is 1.00 bits per heavy atom. The lowest BCUT2D eigenvalue weighted by Crippen LogP contribution is -2.40. The summed E-state index contributed by atoms with van der Waals surface area (Å²) < 4.78 is 31.0. The molecule has 29 heavy (non-hydrogen) atoms. The number of sulfonamides is 1. The van der Waals surface area contributed by atoms with Crippen LogP contribution in [0.4, 0.5) is 5.69 Å². The highest BCUT2D eigenvalue weighted by Crippen LogP contribution is 2.26. The first-order chi connectivity index (χ1) is 13.5. The lowest BCUT2D eigenvalue weighted by molar-refractivity contribution is -0.127. The summed E-state index contributed by atoms with van der Waals surface area (Å²) >= 11 is 0. The monoisotopic (exact) mass is 416 g/mol. The van der Waals surface area contributed by atoms with Gasteiger partial charge in [-0.15, -0.1) is 0 Å². The molecule has 1 amide bonds. The van der Waals surface area contributed by atoms with Crippen molar-refractivity contribution < 1.29 is 13.2 Å². The predicted octanol–water partition coefficient (Wildman–Crippen LogP) is 1.47. The van der Waals surface area contributed by atoms with Gasteiger partial charge >= 0.3 is 5.69 Å². The molecule has 0 saturated carbocycles. The summed E-state index contributed by atoms with van der Waals surface area (Å²) in [4.78, 5) is 25.9. The second-order valence-corrected chi connectivity index (χ2v) is 9.05. The van der Waals surface area contributed by atoms with Crippen LogP contribution in [0.15, 0.2) is 52.2 Å². The molecule has 0 aliphatic carbocycles. The fraction of sp³-hybridized carbons (Fsp3) is 0.300. The van der Waals surface area contributed by atoms with Gasteiger partial charge in [0.2, 0.25) is 5.91 Å². The third kappa shape index (κ3) is 3.65. The van der Waals surface area contributed by atoms with Crippen LogP contribution < -0.4 is 9.99 Å². The maximum atomic E-state index is 13.5. The molecule has 0 atom stereocenters. The summed E-state index contributed by atoms with van der Waals surface area (Å²) in [6.45, 7) is 1.53. The van der Waals surface area contributed by atoms with Crippen molar-refractivity contribution >= 4 is 32.7 Å². The molecule has 8 nitrogen and oxygen atoms in total. The number of anilines is 1. The molecule has 0 saturated heterocycles. The Labute approximate surface area is 169 Å². The normalized spacial score (nSPS) is 11.6. The van der Waals surface area contributed by atoms with E-state index in [1.54, 1.807) is 52.5 Å². The first-order valence-corrected chi connectivity index (χ1v) is 10.4. The van der Waals surface area contributed by atoms with E-state index in [9.17, 15) is 18.0 Å². The predicted molar refractivity (Wildman–Crippen MR) is 113 cm³/mol. The highest BCUT2D eigenvalue weighted by Gasteiger charge is 2.28. The molecule has 0 aliphatic heterocycles. The first kappa shape index (κ1) is 20.7. The minimum Gasteiger partial charge on any atom is -0.347 e. The third-order valence-corrected chi connectivity index (χ3v) is 6.67. The molecule has 0 unspecified atom stereocenters. The molecule has 0 radical (unpaired) electrons. The van der Waals surface area contributed by atoms with E-state index in [0.717, 1.165) is 9.87 Å². The Morgan fingerprint density at radius 3 is 2.28 bits per heavy atom. The van der Waals surface area contributed by atoms with Crippen molar-refractivity contribution in [3.63, 3.8) is 0 Å². The van der Waals surface area contributed by atoms with E-state index in [1.807, 2.05) is 13.0 Å². The van der Waals surface area contributed by atoms with Crippen LogP contribution in [0.1, 0.15) is 5.56 Å². The van der Waals surface area contributed by atoms with Gasteiger partial charge in [0.15, 0.2) is 0 Å². The maximum absolute atomic E-state index is 13.5. The number of amides is 1. The summed E-state index contributed by atoms with van der Waals surface area (Å²) in [7, 11) is 2.33. The van der Waals surface area contributed by atoms with Gasteiger partial charge in [0.25, 0.3) is 10.0 Å². The molecule has 0 bridgehead atoms. The average Bonchev–Trinajstić information content (AvgIpc) is 2.89. The Morgan fingerprint density at radius 2 is 1.66 bits per heavy atom. The quantitative estimate of drug-likeness (QED) is 0.630. The lowest BCUT2D eigenvalue weighted by Gasteiger charge is -2.25. The Kier molecular flexibility index (Phi) is 5.27. The van der Waals surface area contributed by atoms with E-state index in [1.165, 1.54) is 26.2 Å².